The van der Waals surface area contributed by atoms with E-state index in [-0.39, 0.29) is 48.4 Å². The van der Waals surface area contributed by atoms with Crippen molar-refractivity contribution in [3.63, 3.8) is 0 Å². The first-order valence-electron chi connectivity index (χ1n) is 16.8. The molecule has 0 saturated heterocycles. The maximum Gasteiger partial charge on any atom is 0.408 e. The summed E-state index contributed by atoms with van der Waals surface area (Å²) in [6, 6.07) is 9.32. The van der Waals surface area contributed by atoms with Gasteiger partial charge in [-0.2, -0.15) is 0 Å². The lowest BCUT2D eigenvalue weighted by Crippen LogP contribution is -2.68. The van der Waals surface area contributed by atoms with Crippen LogP contribution in [0.25, 0.3) is 22.0 Å². The van der Waals surface area contributed by atoms with Gasteiger partial charge in [-0.1, -0.05) is 39.8 Å². The summed E-state index contributed by atoms with van der Waals surface area (Å²) in [4.78, 5) is 54.1. The highest BCUT2D eigenvalue weighted by Gasteiger charge is 2.52. The Labute approximate surface area is 293 Å². The number of rotatable bonds is 14. The van der Waals surface area contributed by atoms with Crippen molar-refractivity contribution in [2.45, 2.75) is 92.2 Å². The molecule has 0 aliphatic heterocycles. The molecule has 3 N–H and O–H groups in total. The van der Waals surface area contributed by atoms with Gasteiger partial charge in [0.1, 0.15) is 34.0 Å². The van der Waals surface area contributed by atoms with Crippen LogP contribution in [0.1, 0.15) is 81.1 Å². The van der Waals surface area contributed by atoms with E-state index in [1.54, 1.807) is 52.0 Å². The number of nitrogens with one attached hydrogen (secondary N) is 1. The predicted octanol–water partition coefficient (Wildman–Crippen LogP) is 6.66. The van der Waals surface area contributed by atoms with Crippen molar-refractivity contribution in [3.05, 3.63) is 58.6 Å². The molecule has 0 saturated carbocycles. The number of aromatic nitrogens is 1. The number of methoxy groups -OCH3 is 1. The maximum atomic E-state index is 15.9. The van der Waals surface area contributed by atoms with Crippen molar-refractivity contribution in [1.82, 2.24) is 9.99 Å². The fourth-order valence-corrected chi connectivity index (χ4v) is 5.73. The van der Waals surface area contributed by atoms with Gasteiger partial charge in [-0.3, -0.25) is 14.3 Å². The number of nitrogens with zero attached hydrogens (tertiary/aromatic N) is 2. The third-order valence-corrected chi connectivity index (χ3v) is 8.25. The van der Waals surface area contributed by atoms with Crippen LogP contribution in [0.4, 0.5) is 14.0 Å². The minimum Gasteiger partial charge on any atom is -0.497 e. The average molecular weight is 699 g/mol. The molecule has 50 heavy (non-hydrogen) atoms. The Balaban J connectivity index is 2.37. The fraction of sp³-hybridized carbons (Fsp3) is 0.514. The number of ether oxygens (including phenoxy) is 4. The van der Waals surface area contributed by atoms with E-state index in [1.807, 2.05) is 27.7 Å². The first-order chi connectivity index (χ1) is 23.4. The zero-order valence-electron chi connectivity index (χ0n) is 30.6. The van der Waals surface area contributed by atoms with Crippen LogP contribution in [0.5, 0.6) is 11.5 Å². The summed E-state index contributed by atoms with van der Waals surface area (Å²) in [6.45, 7) is 14.6. The Hall–Kier alpha value is -4.81. The van der Waals surface area contributed by atoms with Gasteiger partial charge in [0.05, 0.1) is 25.7 Å². The van der Waals surface area contributed by atoms with Crippen LogP contribution in [-0.2, 0) is 14.3 Å². The van der Waals surface area contributed by atoms with Crippen LogP contribution in [0.15, 0.2) is 47.4 Å². The molecule has 274 valence electrons. The number of alkyl carbamates (subject to hydrolysis) is 1. The second-order valence-electron chi connectivity index (χ2n) is 14.0. The molecule has 0 bridgehead atoms. The Kier molecular flexibility index (Phi) is 12.9. The van der Waals surface area contributed by atoms with E-state index in [0.717, 1.165) is 0 Å². The molecule has 1 heterocycles. The lowest BCUT2D eigenvalue weighted by atomic mass is 9.69. The minimum absolute atomic E-state index is 0.0145. The fourth-order valence-electron chi connectivity index (χ4n) is 5.73. The third-order valence-electron chi connectivity index (χ3n) is 8.25. The molecule has 0 aliphatic rings. The summed E-state index contributed by atoms with van der Waals surface area (Å²) in [5.41, 5.74) is 1.78. The van der Waals surface area contributed by atoms with Crippen LogP contribution >= 0.6 is 0 Å². The number of benzene rings is 2. The number of hydrogen-bond donors (Lipinski definition) is 2. The number of pyridine rings is 1. The molecule has 12 nitrogen and oxygen atoms in total. The summed E-state index contributed by atoms with van der Waals surface area (Å²) in [6.07, 6.45) is 1.18. The lowest BCUT2D eigenvalue weighted by molar-refractivity contribution is -0.131. The van der Waals surface area contributed by atoms with E-state index in [1.165, 1.54) is 35.1 Å². The molecular weight excluding hydrogens is 647 g/mol. The molecule has 3 aromatic rings. The largest absolute Gasteiger partial charge is 0.497 e. The number of nitrogens with two attached hydrogens (primary N) is 1. The first-order valence-corrected chi connectivity index (χ1v) is 16.8. The Morgan fingerprint density at radius 3 is 2.16 bits per heavy atom. The molecule has 3 amide bonds. The predicted molar refractivity (Wildman–Crippen MR) is 191 cm³/mol. The zero-order chi connectivity index (χ0) is 37.4. The van der Waals surface area contributed by atoms with Crippen molar-refractivity contribution < 1.29 is 37.7 Å². The van der Waals surface area contributed by atoms with Gasteiger partial charge in [0.25, 0.3) is 5.91 Å². The van der Waals surface area contributed by atoms with Crippen LogP contribution in [0.2, 0.25) is 0 Å². The summed E-state index contributed by atoms with van der Waals surface area (Å²) in [5, 5.41) is 4.02. The average Bonchev–Trinajstić information content (AvgIpc) is 3.03. The molecule has 0 unspecified atom stereocenters. The first kappa shape index (κ1) is 39.6. The van der Waals surface area contributed by atoms with Crippen molar-refractivity contribution in [2.24, 2.45) is 11.1 Å². The molecule has 13 heteroatoms. The quantitative estimate of drug-likeness (QED) is 0.177. The van der Waals surface area contributed by atoms with Crippen molar-refractivity contribution in [2.75, 3.05) is 31.9 Å². The highest BCUT2D eigenvalue weighted by Crippen LogP contribution is 2.38. The summed E-state index contributed by atoms with van der Waals surface area (Å²) in [7, 11) is 1.52. The molecule has 3 rings (SSSR count). The molecule has 0 aliphatic carbocycles. The summed E-state index contributed by atoms with van der Waals surface area (Å²) >= 11 is 0. The molecule has 0 fully saturated rings. The van der Waals surface area contributed by atoms with Crippen LogP contribution in [0.3, 0.4) is 0 Å². The number of unbranched alkanes of at least 4 members (excludes halogenated alkanes) is 1. The van der Waals surface area contributed by atoms with E-state index in [4.69, 9.17) is 24.7 Å². The van der Waals surface area contributed by atoms with Gasteiger partial charge in [-0.25, -0.2) is 19.0 Å². The van der Waals surface area contributed by atoms with Gasteiger partial charge < -0.3 is 30.0 Å². The SMILES string of the molecule is CCCOc1ccc(F)c2c(=O)c(-c3ccc(OC)cc3)cn(N(CC)C(=O)[C@@](CCCCOC(N)=O)(NC(=O)OC(C)(C)C)C(C)(C)C)c12. The smallest absolute Gasteiger partial charge is 0.408 e. The molecule has 0 spiro atoms. The monoisotopic (exact) mass is 698 g/mol. The van der Waals surface area contributed by atoms with Crippen LogP contribution in [0, 0.1) is 11.2 Å². The van der Waals surface area contributed by atoms with Gasteiger partial charge in [0.2, 0.25) is 0 Å². The van der Waals surface area contributed by atoms with E-state index in [0.29, 0.717) is 30.6 Å². The number of amides is 3. The summed E-state index contributed by atoms with van der Waals surface area (Å²) in [5.74, 6) is -0.570. The summed E-state index contributed by atoms with van der Waals surface area (Å²) < 4.78 is 39.2. The van der Waals surface area contributed by atoms with Gasteiger partial charge in [0, 0.05) is 18.3 Å². The van der Waals surface area contributed by atoms with Crippen LogP contribution in [-0.4, -0.2) is 60.8 Å². The zero-order valence-corrected chi connectivity index (χ0v) is 30.6. The van der Waals surface area contributed by atoms with E-state index in [9.17, 15) is 14.4 Å². The molecule has 2 aromatic carbocycles. The highest BCUT2D eigenvalue weighted by molar-refractivity contribution is 6.00. The van der Waals surface area contributed by atoms with E-state index >= 15 is 9.18 Å². The van der Waals surface area contributed by atoms with Gasteiger partial charge >= 0.3 is 12.2 Å². The van der Waals surface area contributed by atoms with Crippen molar-refractivity contribution >= 4 is 29.0 Å². The number of likely N-dealkylation sites (N-methyl/N-ethyl adjacent to an activating group) is 1. The number of carbonyl (C=O) groups excluding carboxylic acids is 3. The normalized spacial score (nSPS) is 12.9. The van der Waals surface area contributed by atoms with Gasteiger partial charge in [0.15, 0.2) is 5.43 Å². The number of fused-ring (bicyclic) bond motifs is 1. The van der Waals surface area contributed by atoms with Gasteiger partial charge in [-0.05, 0) is 88.6 Å². The van der Waals surface area contributed by atoms with Crippen molar-refractivity contribution in [1.29, 1.82) is 0 Å². The second-order valence-corrected chi connectivity index (χ2v) is 14.0. The Morgan fingerprint density at radius 2 is 1.62 bits per heavy atom. The molecule has 0 radical (unpaired) electrons. The van der Waals surface area contributed by atoms with Gasteiger partial charge in [-0.15, -0.1) is 0 Å². The maximum absolute atomic E-state index is 15.9. The van der Waals surface area contributed by atoms with Crippen molar-refractivity contribution in [3.8, 4) is 22.6 Å². The molecular formula is C37H51FN4O8. The van der Waals surface area contributed by atoms with E-state index in [2.05, 4.69) is 5.32 Å². The van der Waals surface area contributed by atoms with Crippen LogP contribution < -0.4 is 31.0 Å². The Morgan fingerprint density at radius 1 is 0.960 bits per heavy atom. The number of carbonyl (C=O) groups is 3. The molecule has 1 aromatic heterocycles. The number of hydrogen-bond acceptors (Lipinski definition) is 8. The third kappa shape index (κ3) is 9.05. The second kappa shape index (κ2) is 16.3. The minimum atomic E-state index is -1.62. The topological polar surface area (TPSA) is 151 Å². The number of halogens is 1. The van der Waals surface area contributed by atoms with E-state index < -0.39 is 45.9 Å². The number of primary amides is 1. The highest BCUT2D eigenvalue weighted by atomic mass is 19.1. The lowest BCUT2D eigenvalue weighted by Gasteiger charge is -2.46. The Bertz CT molecular complexity index is 1730. The molecule has 1 atom stereocenters. The standard InChI is InChI=1S/C37H51FN4O8/c1-10-21-48-28-19-18-27(38)29-30(28)42(23-26(31(29)43)24-14-16-25(47-9)17-15-24)41(11-2)32(44)37(35(3,4)5,20-12-13-22-49-33(39)45)40-34(46)50-36(6,7)8/h14-19,23H,10-13,20-22H2,1-9H3,(H2,39,45)(H,40,46)/t37-/m1/s1.